The fraction of sp³-hybridized carbons (Fsp3) is 0.333. The van der Waals surface area contributed by atoms with Gasteiger partial charge in [0.15, 0.2) is 7.14 Å². The molecule has 0 aromatic heterocycles. The Morgan fingerprint density at radius 1 is 0.531 bits per heavy atom. The Bertz CT molecular complexity index is 1080. The Kier molecular flexibility index (Phi) is 7.12. The summed E-state index contributed by atoms with van der Waals surface area (Å²) >= 11 is 0. The van der Waals surface area contributed by atoms with Crippen molar-refractivity contribution in [1.82, 2.24) is 0 Å². The van der Waals surface area contributed by atoms with E-state index in [4.69, 9.17) is 17.2 Å². The monoisotopic (exact) mass is 449 g/mol. The van der Waals surface area contributed by atoms with Gasteiger partial charge in [0.2, 0.25) is 0 Å². The molecule has 0 heterocycles. The molecule has 3 rings (SSSR count). The van der Waals surface area contributed by atoms with E-state index in [-0.39, 0.29) is 0 Å². The number of benzene rings is 3. The van der Waals surface area contributed by atoms with E-state index in [1.807, 2.05) is 57.2 Å². The van der Waals surface area contributed by atoms with E-state index >= 15 is 4.57 Å². The fourth-order valence-electron chi connectivity index (χ4n) is 4.99. The van der Waals surface area contributed by atoms with Crippen LogP contribution in [0.1, 0.15) is 50.1 Å². The fourth-order valence-corrected chi connectivity index (χ4v) is 8.45. The van der Waals surface area contributed by atoms with Crippen LogP contribution in [-0.2, 0) is 24.2 Å². The van der Waals surface area contributed by atoms with Crippen LogP contribution in [-0.4, -0.2) is 0 Å². The molecule has 0 aliphatic heterocycles. The maximum atomic E-state index is 15.5. The Balaban J connectivity index is 2.52. The minimum atomic E-state index is -3.24. The summed E-state index contributed by atoms with van der Waals surface area (Å²) in [5.41, 5.74) is 27.8. The average Bonchev–Trinajstić information content (AvgIpc) is 2.74. The molecular weight excluding hydrogens is 413 g/mol. The number of nitrogens with two attached hydrogens (primary N) is 3. The third kappa shape index (κ3) is 3.76. The summed E-state index contributed by atoms with van der Waals surface area (Å²) in [5, 5.41) is 2.52. The topological polar surface area (TPSA) is 95.1 Å². The molecule has 6 N–H and O–H groups in total. The Labute approximate surface area is 192 Å². The normalized spacial score (nSPS) is 11.8. The van der Waals surface area contributed by atoms with E-state index in [1.54, 1.807) is 0 Å². The third-order valence-corrected chi connectivity index (χ3v) is 10.5. The van der Waals surface area contributed by atoms with Crippen molar-refractivity contribution >= 4 is 23.1 Å². The van der Waals surface area contributed by atoms with Gasteiger partial charge in [-0.05, 0) is 91.6 Å². The highest BCUT2D eigenvalue weighted by Gasteiger charge is 2.36. The van der Waals surface area contributed by atoms with Crippen LogP contribution < -0.4 is 33.1 Å². The number of hydrogen-bond acceptors (Lipinski definition) is 4. The van der Waals surface area contributed by atoms with Crippen LogP contribution in [0.4, 0.5) is 0 Å². The largest absolute Gasteiger partial charge is 0.326 e. The van der Waals surface area contributed by atoms with Crippen LogP contribution in [0.3, 0.4) is 0 Å². The average molecular weight is 450 g/mol. The molecular formula is C27H36N3OP. The van der Waals surface area contributed by atoms with Gasteiger partial charge in [0, 0.05) is 35.5 Å². The Morgan fingerprint density at radius 2 is 0.781 bits per heavy atom. The second kappa shape index (κ2) is 9.33. The summed E-state index contributed by atoms with van der Waals surface area (Å²) in [6, 6.07) is 12.2. The van der Waals surface area contributed by atoms with Gasteiger partial charge in [-0.25, -0.2) is 0 Å². The Morgan fingerprint density at radius 3 is 1.00 bits per heavy atom. The quantitative estimate of drug-likeness (QED) is 0.502. The third-order valence-electron chi connectivity index (χ3n) is 7.04. The first-order valence-corrected chi connectivity index (χ1v) is 12.8. The molecule has 5 heteroatoms. The van der Waals surface area contributed by atoms with E-state index < -0.39 is 7.14 Å². The summed E-state index contributed by atoms with van der Waals surface area (Å²) in [6.07, 6.45) is 0. The number of hydrogen-bond donors (Lipinski definition) is 3. The van der Waals surface area contributed by atoms with E-state index in [2.05, 4.69) is 20.8 Å². The molecule has 0 saturated heterocycles. The van der Waals surface area contributed by atoms with Gasteiger partial charge in [-0.2, -0.15) is 0 Å². The molecule has 0 aliphatic rings. The minimum absolute atomic E-state index is 0.410. The first-order chi connectivity index (χ1) is 15.1. The zero-order chi connectivity index (χ0) is 23.8. The van der Waals surface area contributed by atoms with Crippen LogP contribution in [0.25, 0.3) is 0 Å². The molecule has 3 aromatic rings. The smallest absolute Gasteiger partial charge is 0.171 e. The van der Waals surface area contributed by atoms with Crippen molar-refractivity contribution in [3.63, 3.8) is 0 Å². The molecule has 0 atom stereocenters. The molecule has 0 bridgehead atoms. The molecule has 32 heavy (non-hydrogen) atoms. The van der Waals surface area contributed by atoms with Gasteiger partial charge in [0.05, 0.1) is 0 Å². The van der Waals surface area contributed by atoms with Crippen molar-refractivity contribution in [2.75, 3.05) is 0 Å². The van der Waals surface area contributed by atoms with Crippen LogP contribution in [0.5, 0.6) is 0 Å². The second-order valence-corrected chi connectivity index (χ2v) is 11.4. The van der Waals surface area contributed by atoms with Gasteiger partial charge >= 0.3 is 0 Å². The summed E-state index contributed by atoms with van der Waals surface area (Å²) in [4.78, 5) is 0. The molecule has 0 fully saturated rings. The predicted molar refractivity (Wildman–Crippen MR) is 138 cm³/mol. The van der Waals surface area contributed by atoms with Crippen molar-refractivity contribution < 1.29 is 4.57 Å². The highest BCUT2D eigenvalue weighted by atomic mass is 31.2. The zero-order valence-corrected chi connectivity index (χ0v) is 21.1. The van der Waals surface area contributed by atoms with Gasteiger partial charge in [0.1, 0.15) is 0 Å². The van der Waals surface area contributed by atoms with E-state index in [0.717, 1.165) is 66.0 Å². The van der Waals surface area contributed by atoms with Gasteiger partial charge < -0.3 is 21.8 Å². The molecule has 3 aromatic carbocycles. The number of rotatable bonds is 6. The molecule has 0 radical (unpaired) electrons. The molecule has 4 nitrogen and oxygen atoms in total. The van der Waals surface area contributed by atoms with Gasteiger partial charge in [-0.1, -0.05) is 36.4 Å². The van der Waals surface area contributed by atoms with Crippen molar-refractivity contribution in [3.8, 4) is 0 Å². The van der Waals surface area contributed by atoms with Crippen LogP contribution in [0.15, 0.2) is 36.4 Å². The van der Waals surface area contributed by atoms with Gasteiger partial charge in [-0.15, -0.1) is 0 Å². The zero-order valence-electron chi connectivity index (χ0n) is 20.2. The van der Waals surface area contributed by atoms with Crippen LogP contribution in [0.2, 0.25) is 0 Å². The molecule has 0 spiro atoms. The molecule has 0 saturated carbocycles. The highest BCUT2D eigenvalue weighted by Crippen LogP contribution is 2.47. The lowest BCUT2D eigenvalue weighted by atomic mass is 10.0. The summed E-state index contributed by atoms with van der Waals surface area (Å²) in [6.45, 7) is 13.5. The summed E-state index contributed by atoms with van der Waals surface area (Å²) < 4.78 is 15.5. The van der Waals surface area contributed by atoms with Crippen LogP contribution in [0, 0.1) is 41.5 Å². The predicted octanol–water partition coefficient (Wildman–Crippen LogP) is 3.55. The summed E-state index contributed by atoms with van der Waals surface area (Å²) in [7, 11) is -3.24. The first-order valence-electron chi connectivity index (χ1n) is 11.1. The van der Waals surface area contributed by atoms with E-state index in [1.165, 1.54) is 0 Å². The van der Waals surface area contributed by atoms with Gasteiger partial charge in [-0.3, -0.25) is 0 Å². The molecule has 0 aliphatic carbocycles. The number of aryl methyl sites for hydroxylation is 3. The van der Waals surface area contributed by atoms with E-state index in [0.29, 0.717) is 19.6 Å². The lowest BCUT2D eigenvalue weighted by Gasteiger charge is -2.28. The summed E-state index contributed by atoms with van der Waals surface area (Å²) in [5.74, 6) is 0. The first kappa shape index (κ1) is 24.4. The van der Waals surface area contributed by atoms with Gasteiger partial charge in [0.25, 0.3) is 0 Å². The maximum Gasteiger partial charge on any atom is 0.171 e. The van der Waals surface area contributed by atoms with Crippen LogP contribution >= 0.6 is 7.14 Å². The molecule has 0 amide bonds. The van der Waals surface area contributed by atoms with Crippen molar-refractivity contribution in [3.05, 3.63) is 86.5 Å². The lowest BCUT2D eigenvalue weighted by Crippen LogP contribution is -2.32. The highest BCUT2D eigenvalue weighted by molar-refractivity contribution is 7.85. The molecule has 170 valence electrons. The molecule has 0 unspecified atom stereocenters. The van der Waals surface area contributed by atoms with Crippen molar-refractivity contribution in [1.29, 1.82) is 0 Å². The van der Waals surface area contributed by atoms with E-state index in [9.17, 15) is 0 Å². The lowest BCUT2D eigenvalue weighted by molar-refractivity contribution is 0.592. The van der Waals surface area contributed by atoms with Crippen molar-refractivity contribution in [2.45, 2.75) is 61.2 Å². The van der Waals surface area contributed by atoms with Crippen molar-refractivity contribution in [2.24, 2.45) is 17.2 Å². The second-order valence-electron chi connectivity index (χ2n) is 8.74. The minimum Gasteiger partial charge on any atom is -0.326 e. The Hall–Kier alpha value is -2.23. The SMILES string of the molecule is Cc1ccc(P(=O)(c2ccc(C)c(CN)c2C)c2ccc(C)c(CN)c2C)c(C)c1CN. The standard InChI is InChI=1S/C27H36N3OP/c1-16-7-10-25(19(4)22(16)13-28)32(31,26-11-8-17(2)23(14-29)20(26)5)27-12-9-18(3)24(15-30)21(27)6/h7-12H,13-15,28-30H2,1-6H3. The maximum absolute atomic E-state index is 15.5.